The molecule has 2 heterocycles. The van der Waals surface area contributed by atoms with Crippen LogP contribution in [0.3, 0.4) is 0 Å². The highest BCUT2D eigenvalue weighted by Crippen LogP contribution is 2.42. The molecule has 6 heteroatoms. The summed E-state index contributed by atoms with van der Waals surface area (Å²) >= 11 is 0. The minimum absolute atomic E-state index is 0.0268. The van der Waals surface area contributed by atoms with Gasteiger partial charge in [-0.1, -0.05) is 22.9 Å². The maximum atomic E-state index is 13.0. The lowest BCUT2D eigenvalue weighted by atomic mass is 10.1. The van der Waals surface area contributed by atoms with Crippen LogP contribution < -0.4 is 5.32 Å². The van der Waals surface area contributed by atoms with E-state index in [1.165, 1.54) is 5.56 Å². The Morgan fingerprint density at radius 2 is 1.96 bits per heavy atom. The first-order valence-corrected chi connectivity index (χ1v) is 8.76. The van der Waals surface area contributed by atoms with E-state index in [0.29, 0.717) is 11.6 Å². The summed E-state index contributed by atoms with van der Waals surface area (Å²) in [6, 6.07) is 8.21. The molecule has 24 heavy (non-hydrogen) atoms. The van der Waals surface area contributed by atoms with Gasteiger partial charge in [-0.15, -0.1) is 5.10 Å². The summed E-state index contributed by atoms with van der Waals surface area (Å²) < 4.78 is 1.86. The number of amides is 1. The lowest BCUT2D eigenvalue weighted by Crippen LogP contribution is -2.35. The molecule has 1 amide bonds. The van der Waals surface area contributed by atoms with Gasteiger partial charge in [-0.2, -0.15) is 0 Å². The number of aromatic nitrogens is 3. The minimum atomic E-state index is 0.0268. The summed E-state index contributed by atoms with van der Waals surface area (Å²) in [7, 11) is 0. The molecule has 0 spiro atoms. The van der Waals surface area contributed by atoms with Crippen LogP contribution in [-0.4, -0.2) is 52.0 Å². The van der Waals surface area contributed by atoms with Crippen molar-refractivity contribution in [2.45, 2.75) is 32.1 Å². The summed E-state index contributed by atoms with van der Waals surface area (Å²) in [5.74, 6) is 0.435. The van der Waals surface area contributed by atoms with E-state index in [9.17, 15) is 4.79 Å². The zero-order chi connectivity index (χ0) is 16.5. The molecule has 0 bridgehead atoms. The summed E-state index contributed by atoms with van der Waals surface area (Å²) in [4.78, 5) is 14.9. The Bertz CT molecular complexity index is 724. The molecule has 0 atom stereocenters. The van der Waals surface area contributed by atoms with E-state index in [2.05, 4.69) is 34.7 Å². The number of hydrogen-bond donors (Lipinski definition) is 1. The van der Waals surface area contributed by atoms with Crippen molar-refractivity contribution in [1.82, 2.24) is 25.2 Å². The Morgan fingerprint density at radius 1 is 1.17 bits per heavy atom. The molecule has 1 aliphatic carbocycles. The standard InChI is InChI=1S/C18H23N5O/c1-13-3-7-15(8-4-13)23-17(14-5-6-14)16(20-21-23)18(24)22-11-2-9-19-10-12-22/h3-4,7-8,14,19H,2,5-6,9-12H2,1H3. The monoisotopic (exact) mass is 325 g/mol. The van der Waals surface area contributed by atoms with E-state index in [-0.39, 0.29) is 5.91 Å². The Labute approximate surface area is 141 Å². The fraction of sp³-hybridized carbons (Fsp3) is 0.500. The molecule has 2 fully saturated rings. The second-order valence-corrected chi connectivity index (χ2v) is 6.74. The quantitative estimate of drug-likeness (QED) is 0.936. The van der Waals surface area contributed by atoms with E-state index in [1.54, 1.807) is 0 Å². The SMILES string of the molecule is Cc1ccc(-n2nnc(C(=O)N3CCCNCC3)c2C2CC2)cc1. The third-order valence-electron chi connectivity index (χ3n) is 4.78. The van der Waals surface area contributed by atoms with Crippen LogP contribution in [0.1, 0.15) is 46.9 Å². The van der Waals surface area contributed by atoms with Gasteiger partial charge in [-0.25, -0.2) is 4.68 Å². The van der Waals surface area contributed by atoms with Gasteiger partial charge in [0, 0.05) is 25.6 Å². The van der Waals surface area contributed by atoms with E-state index < -0.39 is 0 Å². The number of benzene rings is 1. The predicted molar refractivity (Wildman–Crippen MR) is 91.5 cm³/mol. The van der Waals surface area contributed by atoms with E-state index in [0.717, 1.165) is 56.8 Å². The predicted octanol–water partition coefficient (Wildman–Crippen LogP) is 1.89. The molecule has 6 nitrogen and oxygen atoms in total. The lowest BCUT2D eigenvalue weighted by molar-refractivity contribution is 0.0759. The second kappa shape index (κ2) is 6.36. The number of nitrogens with one attached hydrogen (secondary N) is 1. The van der Waals surface area contributed by atoms with Crippen LogP contribution in [0.25, 0.3) is 5.69 Å². The summed E-state index contributed by atoms with van der Waals surface area (Å²) in [5.41, 5.74) is 3.72. The van der Waals surface area contributed by atoms with Crippen LogP contribution in [0.5, 0.6) is 0 Å². The van der Waals surface area contributed by atoms with Gasteiger partial charge >= 0.3 is 0 Å². The summed E-state index contributed by atoms with van der Waals surface area (Å²) in [6.07, 6.45) is 3.21. The van der Waals surface area contributed by atoms with Gasteiger partial charge in [0.1, 0.15) is 0 Å². The van der Waals surface area contributed by atoms with Gasteiger partial charge in [0.2, 0.25) is 0 Å². The first kappa shape index (κ1) is 15.3. The molecular weight excluding hydrogens is 302 g/mol. The molecule has 1 saturated carbocycles. The Hall–Kier alpha value is -2.21. The van der Waals surface area contributed by atoms with Crippen LogP contribution in [0.4, 0.5) is 0 Å². The molecule has 126 valence electrons. The minimum Gasteiger partial charge on any atom is -0.336 e. The third-order valence-corrected chi connectivity index (χ3v) is 4.78. The molecule has 1 aromatic heterocycles. The van der Waals surface area contributed by atoms with Gasteiger partial charge in [0.05, 0.1) is 11.4 Å². The number of rotatable bonds is 3. The van der Waals surface area contributed by atoms with Crippen molar-refractivity contribution in [3.63, 3.8) is 0 Å². The van der Waals surface area contributed by atoms with Crippen LogP contribution in [0, 0.1) is 6.92 Å². The summed E-state index contributed by atoms with van der Waals surface area (Å²) in [5, 5.41) is 11.9. The lowest BCUT2D eigenvalue weighted by Gasteiger charge is -2.19. The van der Waals surface area contributed by atoms with Crippen LogP contribution >= 0.6 is 0 Å². The van der Waals surface area contributed by atoms with Crippen molar-refractivity contribution in [2.24, 2.45) is 0 Å². The van der Waals surface area contributed by atoms with E-state index in [1.807, 2.05) is 21.7 Å². The summed E-state index contributed by atoms with van der Waals surface area (Å²) in [6.45, 7) is 5.40. The molecule has 1 aromatic carbocycles. The number of carbonyl (C=O) groups is 1. The van der Waals surface area contributed by atoms with Crippen molar-refractivity contribution in [3.8, 4) is 5.69 Å². The third kappa shape index (κ3) is 2.94. The first-order valence-electron chi connectivity index (χ1n) is 8.76. The van der Waals surface area contributed by atoms with Crippen molar-refractivity contribution in [1.29, 1.82) is 0 Å². The highest BCUT2D eigenvalue weighted by Gasteiger charge is 2.35. The smallest absolute Gasteiger partial charge is 0.276 e. The van der Waals surface area contributed by atoms with Crippen LogP contribution in [0.15, 0.2) is 24.3 Å². The van der Waals surface area contributed by atoms with Crippen molar-refractivity contribution in [3.05, 3.63) is 41.2 Å². The van der Waals surface area contributed by atoms with Gasteiger partial charge in [0.15, 0.2) is 5.69 Å². The fourth-order valence-corrected chi connectivity index (χ4v) is 3.24. The van der Waals surface area contributed by atoms with Crippen molar-refractivity contribution >= 4 is 5.91 Å². The molecule has 0 radical (unpaired) electrons. The van der Waals surface area contributed by atoms with Crippen molar-refractivity contribution in [2.75, 3.05) is 26.2 Å². The normalized spacial score (nSPS) is 18.5. The molecule has 1 N–H and O–H groups in total. The fourth-order valence-electron chi connectivity index (χ4n) is 3.24. The van der Waals surface area contributed by atoms with E-state index >= 15 is 0 Å². The molecule has 1 saturated heterocycles. The maximum Gasteiger partial charge on any atom is 0.276 e. The van der Waals surface area contributed by atoms with Crippen LogP contribution in [-0.2, 0) is 0 Å². The first-order chi connectivity index (χ1) is 11.7. The molecule has 4 rings (SSSR count). The zero-order valence-corrected chi connectivity index (χ0v) is 14.0. The van der Waals surface area contributed by atoms with Gasteiger partial charge in [-0.05, 0) is 44.9 Å². The molecule has 2 aromatic rings. The molecule has 1 aliphatic heterocycles. The van der Waals surface area contributed by atoms with Gasteiger partial charge in [-0.3, -0.25) is 4.79 Å². The average Bonchev–Trinajstić information content (AvgIpc) is 3.39. The average molecular weight is 325 g/mol. The molecule has 2 aliphatic rings. The topological polar surface area (TPSA) is 63.1 Å². The zero-order valence-electron chi connectivity index (χ0n) is 14.0. The molecule has 0 unspecified atom stereocenters. The number of carbonyl (C=O) groups excluding carboxylic acids is 1. The maximum absolute atomic E-state index is 13.0. The Balaban J connectivity index is 1.68. The largest absolute Gasteiger partial charge is 0.336 e. The number of hydrogen-bond acceptors (Lipinski definition) is 4. The highest BCUT2D eigenvalue weighted by molar-refractivity contribution is 5.93. The van der Waals surface area contributed by atoms with Gasteiger partial charge < -0.3 is 10.2 Å². The Morgan fingerprint density at radius 3 is 2.71 bits per heavy atom. The Kier molecular flexibility index (Phi) is 4.06. The van der Waals surface area contributed by atoms with Crippen LogP contribution in [0.2, 0.25) is 0 Å². The van der Waals surface area contributed by atoms with E-state index in [4.69, 9.17) is 0 Å². The highest BCUT2D eigenvalue weighted by atomic mass is 16.2. The number of nitrogens with zero attached hydrogens (tertiary/aromatic N) is 4. The number of aryl methyl sites for hydroxylation is 1. The van der Waals surface area contributed by atoms with Gasteiger partial charge in [0.25, 0.3) is 5.91 Å². The van der Waals surface area contributed by atoms with Crippen molar-refractivity contribution < 1.29 is 4.79 Å². The second-order valence-electron chi connectivity index (χ2n) is 6.74. The molecular formula is C18H23N5O.